The molecule has 8 nitrogen and oxygen atoms in total. The predicted octanol–water partition coefficient (Wildman–Crippen LogP) is -0.148. The molecule has 0 unspecified atom stereocenters. The Labute approximate surface area is 102 Å². The summed E-state index contributed by atoms with van der Waals surface area (Å²) in [5.74, 6) is -1.07. The lowest BCUT2D eigenvalue weighted by Gasteiger charge is -2.06. The Morgan fingerprint density at radius 2 is 2.11 bits per heavy atom. The van der Waals surface area contributed by atoms with Crippen molar-refractivity contribution in [3.63, 3.8) is 0 Å². The van der Waals surface area contributed by atoms with Gasteiger partial charge in [0.15, 0.2) is 0 Å². The first kappa shape index (κ1) is 13.4. The Hall–Kier alpha value is -2.64. The molecule has 0 atom stereocenters. The fraction of sp³-hybridized carbons (Fsp3) is 0.200. The Morgan fingerprint density at radius 1 is 1.44 bits per heavy atom. The summed E-state index contributed by atoms with van der Waals surface area (Å²) >= 11 is 0. The number of likely N-dealkylation sites (N-methyl/N-ethyl adjacent to an activating group) is 1. The Balaban J connectivity index is 3.00. The number of hydrogen-bond acceptors (Lipinski definition) is 5. The molecule has 96 valence electrons. The molecular weight excluding hydrogens is 240 g/mol. The fourth-order valence-electron chi connectivity index (χ4n) is 1.25. The molecule has 0 aliphatic heterocycles. The molecule has 0 aliphatic carbocycles. The van der Waals surface area contributed by atoms with E-state index >= 15 is 0 Å². The summed E-state index contributed by atoms with van der Waals surface area (Å²) in [4.78, 5) is 32.1. The standard InChI is InChI=1S/C10H12N4O4/c1-12-9(15)5-13-7-3-2-6(10(11)16)4-8(7)14(17)18/h2-4,13H,5H2,1H3,(H2,11,16)(H,12,15). The highest BCUT2D eigenvalue weighted by molar-refractivity contribution is 5.94. The number of carbonyl (C=O) groups is 2. The molecule has 0 saturated carbocycles. The van der Waals surface area contributed by atoms with E-state index in [0.717, 1.165) is 6.07 Å². The number of nitrogens with one attached hydrogen (secondary N) is 2. The number of benzene rings is 1. The summed E-state index contributed by atoms with van der Waals surface area (Å²) in [6.45, 7) is -0.104. The highest BCUT2D eigenvalue weighted by Gasteiger charge is 2.16. The summed E-state index contributed by atoms with van der Waals surface area (Å²) in [5, 5.41) is 15.8. The van der Waals surface area contributed by atoms with E-state index in [4.69, 9.17) is 5.73 Å². The van der Waals surface area contributed by atoms with Crippen molar-refractivity contribution in [2.75, 3.05) is 18.9 Å². The third-order valence-corrected chi connectivity index (χ3v) is 2.20. The van der Waals surface area contributed by atoms with E-state index in [9.17, 15) is 19.7 Å². The number of primary amides is 1. The smallest absolute Gasteiger partial charge is 0.293 e. The molecule has 0 aliphatic rings. The normalized spacial score (nSPS) is 9.61. The van der Waals surface area contributed by atoms with Crippen LogP contribution in [0.5, 0.6) is 0 Å². The maximum absolute atomic E-state index is 11.0. The van der Waals surface area contributed by atoms with Crippen LogP contribution >= 0.6 is 0 Å². The summed E-state index contributed by atoms with van der Waals surface area (Å²) in [5.41, 5.74) is 4.90. The molecule has 4 N–H and O–H groups in total. The minimum Gasteiger partial charge on any atom is -0.371 e. The van der Waals surface area contributed by atoms with Crippen LogP contribution < -0.4 is 16.4 Å². The lowest BCUT2D eigenvalue weighted by molar-refractivity contribution is -0.384. The molecule has 18 heavy (non-hydrogen) atoms. The van der Waals surface area contributed by atoms with Gasteiger partial charge in [-0.15, -0.1) is 0 Å². The number of nitro benzene ring substituents is 1. The van der Waals surface area contributed by atoms with E-state index in [1.165, 1.54) is 19.2 Å². The van der Waals surface area contributed by atoms with Crippen molar-refractivity contribution in [1.29, 1.82) is 0 Å². The van der Waals surface area contributed by atoms with Crippen molar-refractivity contribution in [2.24, 2.45) is 5.73 Å². The molecule has 8 heteroatoms. The van der Waals surface area contributed by atoms with Crippen molar-refractivity contribution in [3.8, 4) is 0 Å². The van der Waals surface area contributed by atoms with E-state index in [1.54, 1.807) is 0 Å². The fourth-order valence-corrected chi connectivity index (χ4v) is 1.25. The summed E-state index contributed by atoms with van der Waals surface area (Å²) in [7, 11) is 1.45. The van der Waals surface area contributed by atoms with Gasteiger partial charge in [-0.25, -0.2) is 0 Å². The molecule has 0 heterocycles. The molecular formula is C10H12N4O4. The highest BCUT2D eigenvalue weighted by atomic mass is 16.6. The van der Waals surface area contributed by atoms with Gasteiger partial charge in [0.25, 0.3) is 5.69 Å². The lowest BCUT2D eigenvalue weighted by Crippen LogP contribution is -2.26. The number of nitro groups is 1. The van der Waals surface area contributed by atoms with E-state index in [-0.39, 0.29) is 29.4 Å². The van der Waals surface area contributed by atoms with Crippen LogP contribution in [-0.2, 0) is 4.79 Å². The summed E-state index contributed by atoms with van der Waals surface area (Å²) in [6, 6.07) is 3.75. The SMILES string of the molecule is CNC(=O)CNc1ccc(C(N)=O)cc1[N+](=O)[O-]. The van der Waals surface area contributed by atoms with Gasteiger partial charge in [-0.2, -0.15) is 0 Å². The van der Waals surface area contributed by atoms with Gasteiger partial charge in [0.05, 0.1) is 11.5 Å². The van der Waals surface area contributed by atoms with E-state index in [1.807, 2.05) is 0 Å². The zero-order chi connectivity index (χ0) is 13.7. The van der Waals surface area contributed by atoms with Crippen molar-refractivity contribution < 1.29 is 14.5 Å². The van der Waals surface area contributed by atoms with Crippen LogP contribution in [-0.4, -0.2) is 30.3 Å². The minimum atomic E-state index is -0.754. The van der Waals surface area contributed by atoms with Gasteiger partial charge < -0.3 is 16.4 Å². The van der Waals surface area contributed by atoms with Crippen LogP contribution in [0.2, 0.25) is 0 Å². The second-order valence-electron chi connectivity index (χ2n) is 3.38. The third kappa shape index (κ3) is 3.17. The largest absolute Gasteiger partial charge is 0.371 e. The molecule has 1 aromatic rings. The van der Waals surface area contributed by atoms with Gasteiger partial charge in [-0.3, -0.25) is 19.7 Å². The number of nitrogens with two attached hydrogens (primary N) is 1. The summed E-state index contributed by atoms with van der Waals surface area (Å²) < 4.78 is 0. The second kappa shape index (κ2) is 5.62. The first-order valence-electron chi connectivity index (χ1n) is 4.98. The maximum Gasteiger partial charge on any atom is 0.293 e. The van der Waals surface area contributed by atoms with Crippen LogP contribution in [0.25, 0.3) is 0 Å². The Morgan fingerprint density at radius 3 is 2.61 bits per heavy atom. The first-order chi connectivity index (χ1) is 8.45. The van der Waals surface area contributed by atoms with Gasteiger partial charge in [-0.1, -0.05) is 0 Å². The van der Waals surface area contributed by atoms with E-state index in [0.29, 0.717) is 0 Å². The molecule has 0 bridgehead atoms. The monoisotopic (exact) mass is 252 g/mol. The van der Waals surface area contributed by atoms with Crippen LogP contribution in [0.1, 0.15) is 10.4 Å². The number of rotatable bonds is 5. The predicted molar refractivity (Wildman–Crippen MR) is 64.2 cm³/mol. The topological polar surface area (TPSA) is 127 Å². The average molecular weight is 252 g/mol. The molecule has 1 aromatic carbocycles. The molecule has 0 fully saturated rings. The highest BCUT2D eigenvalue weighted by Crippen LogP contribution is 2.25. The number of carbonyl (C=O) groups excluding carboxylic acids is 2. The van der Waals surface area contributed by atoms with Crippen LogP contribution in [0.3, 0.4) is 0 Å². The van der Waals surface area contributed by atoms with Crippen molar-refractivity contribution in [3.05, 3.63) is 33.9 Å². The Bertz CT molecular complexity index is 501. The first-order valence-corrected chi connectivity index (χ1v) is 4.98. The van der Waals surface area contributed by atoms with Crippen LogP contribution in [0, 0.1) is 10.1 Å². The van der Waals surface area contributed by atoms with Crippen molar-refractivity contribution in [2.45, 2.75) is 0 Å². The zero-order valence-corrected chi connectivity index (χ0v) is 9.60. The quantitative estimate of drug-likeness (QED) is 0.496. The average Bonchev–Trinajstić information content (AvgIpc) is 2.35. The van der Waals surface area contributed by atoms with Gasteiger partial charge >= 0.3 is 0 Å². The summed E-state index contributed by atoms with van der Waals surface area (Å²) in [6.07, 6.45) is 0. The van der Waals surface area contributed by atoms with Gasteiger partial charge in [0, 0.05) is 18.7 Å². The van der Waals surface area contributed by atoms with Crippen molar-refractivity contribution in [1.82, 2.24) is 5.32 Å². The third-order valence-electron chi connectivity index (χ3n) is 2.20. The van der Waals surface area contributed by atoms with Gasteiger partial charge in [0.1, 0.15) is 5.69 Å². The van der Waals surface area contributed by atoms with Crippen LogP contribution in [0.15, 0.2) is 18.2 Å². The molecule has 0 radical (unpaired) electrons. The van der Waals surface area contributed by atoms with Gasteiger partial charge in [0.2, 0.25) is 11.8 Å². The molecule has 0 spiro atoms. The van der Waals surface area contributed by atoms with Crippen molar-refractivity contribution >= 4 is 23.2 Å². The lowest BCUT2D eigenvalue weighted by atomic mass is 10.1. The number of nitrogens with zero attached hydrogens (tertiary/aromatic N) is 1. The Kier molecular flexibility index (Phi) is 4.19. The van der Waals surface area contributed by atoms with E-state index < -0.39 is 10.8 Å². The molecule has 0 aromatic heterocycles. The molecule has 2 amide bonds. The zero-order valence-electron chi connectivity index (χ0n) is 9.60. The number of amides is 2. The van der Waals surface area contributed by atoms with Crippen LogP contribution in [0.4, 0.5) is 11.4 Å². The minimum absolute atomic E-state index is 0.0344. The number of anilines is 1. The molecule has 0 saturated heterocycles. The maximum atomic E-state index is 11.0. The number of hydrogen-bond donors (Lipinski definition) is 3. The molecule has 1 rings (SSSR count). The second-order valence-corrected chi connectivity index (χ2v) is 3.38. The van der Waals surface area contributed by atoms with E-state index in [2.05, 4.69) is 10.6 Å². The van der Waals surface area contributed by atoms with Gasteiger partial charge in [-0.05, 0) is 12.1 Å².